The lowest BCUT2D eigenvalue weighted by atomic mass is 10.2. The summed E-state index contributed by atoms with van der Waals surface area (Å²) in [5, 5.41) is 2.63. The van der Waals surface area contributed by atoms with Gasteiger partial charge in [0.15, 0.2) is 18.2 Å². The molecule has 4 nitrogen and oxygen atoms in total. The summed E-state index contributed by atoms with van der Waals surface area (Å²) >= 11 is 0. The second kappa shape index (κ2) is 6.18. The molecule has 0 aliphatic rings. The summed E-state index contributed by atoms with van der Waals surface area (Å²) in [7, 11) is 0. The zero-order valence-electron chi connectivity index (χ0n) is 10.7. The molecule has 1 amide bonds. The van der Waals surface area contributed by atoms with Crippen LogP contribution in [0.2, 0.25) is 0 Å². The second-order valence-electron chi connectivity index (χ2n) is 4.17. The number of rotatable bonds is 5. The maximum absolute atomic E-state index is 13.3. The molecule has 1 aromatic carbocycles. The van der Waals surface area contributed by atoms with E-state index in [-0.39, 0.29) is 18.4 Å². The Hall–Kier alpha value is -2.37. The van der Waals surface area contributed by atoms with Gasteiger partial charge in [0, 0.05) is 6.07 Å². The van der Waals surface area contributed by atoms with Gasteiger partial charge >= 0.3 is 0 Å². The van der Waals surface area contributed by atoms with Crippen molar-refractivity contribution in [1.29, 1.82) is 0 Å². The van der Waals surface area contributed by atoms with Crippen molar-refractivity contribution >= 4 is 5.91 Å². The van der Waals surface area contributed by atoms with E-state index >= 15 is 0 Å². The van der Waals surface area contributed by atoms with Crippen molar-refractivity contribution in [2.45, 2.75) is 13.0 Å². The number of halogens is 2. The fourth-order valence-electron chi connectivity index (χ4n) is 1.63. The smallest absolute Gasteiger partial charge is 0.258 e. The highest BCUT2D eigenvalue weighted by molar-refractivity contribution is 5.77. The Labute approximate surface area is 114 Å². The molecule has 1 N–H and O–H groups in total. The third kappa shape index (κ3) is 3.57. The zero-order chi connectivity index (χ0) is 14.5. The molecule has 0 bridgehead atoms. The van der Waals surface area contributed by atoms with Gasteiger partial charge < -0.3 is 14.5 Å². The van der Waals surface area contributed by atoms with Crippen LogP contribution in [0.3, 0.4) is 0 Å². The Morgan fingerprint density at radius 3 is 2.85 bits per heavy atom. The molecular formula is C14H13F2NO3. The molecule has 0 aliphatic heterocycles. The molecule has 6 heteroatoms. The van der Waals surface area contributed by atoms with Crippen molar-refractivity contribution in [3.8, 4) is 5.75 Å². The molecule has 1 aromatic heterocycles. The van der Waals surface area contributed by atoms with Gasteiger partial charge in [0.1, 0.15) is 11.6 Å². The van der Waals surface area contributed by atoms with Gasteiger partial charge in [-0.3, -0.25) is 4.79 Å². The maximum Gasteiger partial charge on any atom is 0.258 e. The lowest BCUT2D eigenvalue weighted by Crippen LogP contribution is -2.31. The third-order valence-electron chi connectivity index (χ3n) is 2.60. The predicted molar refractivity (Wildman–Crippen MR) is 67.1 cm³/mol. The summed E-state index contributed by atoms with van der Waals surface area (Å²) in [4.78, 5) is 11.6. The minimum atomic E-state index is -0.850. The molecule has 0 aliphatic carbocycles. The van der Waals surface area contributed by atoms with Gasteiger partial charge in [0.05, 0.1) is 12.3 Å². The Morgan fingerprint density at radius 1 is 1.40 bits per heavy atom. The lowest BCUT2D eigenvalue weighted by Gasteiger charge is -2.12. The van der Waals surface area contributed by atoms with Crippen molar-refractivity contribution < 1.29 is 22.7 Å². The first-order valence-electron chi connectivity index (χ1n) is 5.97. The van der Waals surface area contributed by atoms with E-state index in [9.17, 15) is 13.6 Å². The van der Waals surface area contributed by atoms with Crippen molar-refractivity contribution in [3.63, 3.8) is 0 Å². The molecule has 2 rings (SSSR count). The summed E-state index contributed by atoms with van der Waals surface area (Å²) in [5.74, 6) is -1.56. The lowest BCUT2D eigenvalue weighted by molar-refractivity contribution is -0.123. The fraction of sp³-hybridized carbons (Fsp3) is 0.214. The van der Waals surface area contributed by atoms with Gasteiger partial charge in [-0.25, -0.2) is 8.78 Å². The maximum atomic E-state index is 13.3. The SMILES string of the molecule is C[C@@H](NC(=O)COc1ccc(F)cc1F)c1ccco1. The van der Waals surface area contributed by atoms with E-state index in [0.717, 1.165) is 12.1 Å². The molecular weight excluding hydrogens is 268 g/mol. The number of benzene rings is 1. The first kappa shape index (κ1) is 14.0. The number of furan rings is 1. The average molecular weight is 281 g/mol. The first-order chi connectivity index (χ1) is 9.56. The molecule has 1 heterocycles. The average Bonchev–Trinajstić information content (AvgIpc) is 2.91. The molecule has 20 heavy (non-hydrogen) atoms. The van der Waals surface area contributed by atoms with Crippen LogP contribution in [0.15, 0.2) is 41.0 Å². The fourth-order valence-corrected chi connectivity index (χ4v) is 1.63. The quantitative estimate of drug-likeness (QED) is 0.916. The third-order valence-corrected chi connectivity index (χ3v) is 2.60. The number of hydrogen-bond acceptors (Lipinski definition) is 3. The van der Waals surface area contributed by atoms with Gasteiger partial charge in [0.25, 0.3) is 5.91 Å². The standard InChI is InChI=1S/C14H13F2NO3/c1-9(12-3-2-6-19-12)17-14(18)8-20-13-5-4-10(15)7-11(13)16/h2-7,9H,8H2,1H3,(H,17,18)/t9-/m1/s1. The normalized spacial score (nSPS) is 11.9. The Kier molecular flexibility index (Phi) is 4.34. The molecule has 0 radical (unpaired) electrons. The van der Waals surface area contributed by atoms with Crippen LogP contribution < -0.4 is 10.1 Å². The van der Waals surface area contributed by atoms with Crippen molar-refractivity contribution in [2.75, 3.05) is 6.61 Å². The van der Waals surface area contributed by atoms with Crippen LogP contribution in [0.4, 0.5) is 8.78 Å². The number of carbonyl (C=O) groups excluding carboxylic acids is 1. The van der Waals surface area contributed by atoms with E-state index in [4.69, 9.17) is 9.15 Å². The van der Waals surface area contributed by atoms with Gasteiger partial charge in [-0.1, -0.05) is 0 Å². The molecule has 1 atom stereocenters. The Morgan fingerprint density at radius 2 is 2.20 bits per heavy atom. The van der Waals surface area contributed by atoms with Crippen LogP contribution in [0.25, 0.3) is 0 Å². The molecule has 0 saturated carbocycles. The van der Waals surface area contributed by atoms with Gasteiger partial charge in [-0.15, -0.1) is 0 Å². The van der Waals surface area contributed by atoms with Crippen LogP contribution >= 0.6 is 0 Å². The second-order valence-corrected chi connectivity index (χ2v) is 4.17. The highest BCUT2D eigenvalue weighted by Crippen LogP contribution is 2.17. The predicted octanol–water partition coefficient (Wildman–Crippen LogP) is 2.81. The summed E-state index contributed by atoms with van der Waals surface area (Å²) in [6.07, 6.45) is 1.50. The van der Waals surface area contributed by atoms with Crippen LogP contribution in [-0.4, -0.2) is 12.5 Å². The number of carbonyl (C=O) groups is 1. The van der Waals surface area contributed by atoms with E-state index in [1.54, 1.807) is 19.1 Å². The Bertz CT molecular complexity index is 584. The molecule has 106 valence electrons. The minimum Gasteiger partial charge on any atom is -0.481 e. The number of ether oxygens (including phenoxy) is 1. The van der Waals surface area contributed by atoms with E-state index in [2.05, 4.69) is 5.32 Å². The van der Waals surface area contributed by atoms with Crippen molar-refractivity contribution in [3.05, 3.63) is 54.0 Å². The zero-order valence-corrected chi connectivity index (χ0v) is 10.7. The van der Waals surface area contributed by atoms with Crippen LogP contribution in [0, 0.1) is 11.6 Å². The molecule has 0 unspecified atom stereocenters. The highest BCUT2D eigenvalue weighted by atomic mass is 19.1. The topological polar surface area (TPSA) is 51.5 Å². The number of hydrogen-bond donors (Lipinski definition) is 1. The first-order valence-corrected chi connectivity index (χ1v) is 5.97. The molecule has 0 saturated heterocycles. The number of nitrogens with one attached hydrogen (secondary N) is 1. The van der Waals surface area contributed by atoms with Crippen LogP contribution in [0.1, 0.15) is 18.7 Å². The van der Waals surface area contributed by atoms with Crippen LogP contribution in [-0.2, 0) is 4.79 Å². The summed E-state index contributed by atoms with van der Waals surface area (Å²) in [6, 6.07) is 6.00. The molecule has 0 fully saturated rings. The van der Waals surface area contributed by atoms with Gasteiger partial charge in [-0.05, 0) is 31.2 Å². The van der Waals surface area contributed by atoms with Crippen molar-refractivity contribution in [2.24, 2.45) is 0 Å². The van der Waals surface area contributed by atoms with E-state index in [1.165, 1.54) is 6.26 Å². The molecule has 2 aromatic rings. The monoisotopic (exact) mass is 281 g/mol. The molecule has 0 spiro atoms. The van der Waals surface area contributed by atoms with Gasteiger partial charge in [0.2, 0.25) is 0 Å². The summed E-state index contributed by atoms with van der Waals surface area (Å²) < 4.78 is 36.1. The summed E-state index contributed by atoms with van der Waals surface area (Å²) in [5.41, 5.74) is 0. The van der Waals surface area contributed by atoms with Crippen LogP contribution in [0.5, 0.6) is 5.75 Å². The van der Waals surface area contributed by atoms with Gasteiger partial charge in [-0.2, -0.15) is 0 Å². The van der Waals surface area contributed by atoms with Crippen molar-refractivity contribution in [1.82, 2.24) is 5.32 Å². The minimum absolute atomic E-state index is 0.174. The highest BCUT2D eigenvalue weighted by Gasteiger charge is 2.13. The van der Waals surface area contributed by atoms with E-state index < -0.39 is 17.5 Å². The Balaban J connectivity index is 1.86. The van der Waals surface area contributed by atoms with E-state index in [0.29, 0.717) is 11.8 Å². The largest absolute Gasteiger partial charge is 0.481 e. The van der Waals surface area contributed by atoms with E-state index in [1.807, 2.05) is 0 Å². The number of amides is 1. The summed E-state index contributed by atoms with van der Waals surface area (Å²) in [6.45, 7) is 1.38.